The van der Waals surface area contributed by atoms with Crippen LogP contribution in [0.25, 0.3) is 6.08 Å². The molecular weight excluding hydrogens is 303 g/mol. The maximum atomic E-state index is 12.2. The molecule has 19 heavy (non-hydrogen) atoms. The minimum absolute atomic E-state index is 0.120. The molecule has 0 heterocycles. The predicted octanol–water partition coefficient (Wildman–Crippen LogP) is 4.35. The molecule has 0 unspecified atom stereocenters. The van der Waals surface area contributed by atoms with Crippen molar-refractivity contribution in [2.75, 3.05) is 0 Å². The normalized spacial score (nSPS) is 12.4. The third kappa shape index (κ3) is 3.38. The monoisotopic (exact) mass is 312 g/mol. The summed E-state index contributed by atoms with van der Waals surface area (Å²) in [4.78, 5) is 0.120. The lowest BCUT2D eigenvalue weighted by Gasteiger charge is -2.03. The summed E-state index contributed by atoms with van der Waals surface area (Å²) in [5.74, 6) is 0. The van der Waals surface area contributed by atoms with Crippen molar-refractivity contribution in [3.05, 3.63) is 69.5 Å². The van der Waals surface area contributed by atoms with Gasteiger partial charge in [0.05, 0.1) is 4.90 Å². The fraction of sp³-hybridized carbons (Fsp3) is 0. The molecule has 0 aliphatic rings. The summed E-state index contributed by atoms with van der Waals surface area (Å²) in [6, 6.07) is 14.9. The van der Waals surface area contributed by atoms with Gasteiger partial charge in [0.25, 0.3) is 0 Å². The van der Waals surface area contributed by atoms with Crippen molar-refractivity contribution in [1.29, 1.82) is 0 Å². The average molecular weight is 313 g/mol. The summed E-state index contributed by atoms with van der Waals surface area (Å²) in [7, 11) is -3.69. The molecule has 0 saturated carbocycles. The average Bonchev–Trinajstić information content (AvgIpc) is 2.40. The second-order valence-corrected chi connectivity index (χ2v) is 6.80. The zero-order chi connectivity index (χ0) is 13.9. The van der Waals surface area contributed by atoms with Crippen LogP contribution in [0.5, 0.6) is 0 Å². The molecule has 2 aromatic carbocycles. The molecule has 2 rings (SSSR count). The Bertz CT molecular complexity index is 690. The van der Waals surface area contributed by atoms with Crippen molar-refractivity contribution in [3.63, 3.8) is 0 Å². The Labute approximate surface area is 122 Å². The molecule has 0 amide bonds. The van der Waals surface area contributed by atoms with E-state index in [9.17, 15) is 8.42 Å². The fourth-order valence-electron chi connectivity index (χ4n) is 1.48. The van der Waals surface area contributed by atoms with Gasteiger partial charge in [-0.2, -0.15) is 0 Å². The summed E-state index contributed by atoms with van der Waals surface area (Å²) in [5, 5.41) is 0.474. The van der Waals surface area contributed by atoms with Crippen LogP contribution in [-0.4, -0.2) is 8.42 Å². The third-order valence-corrected chi connectivity index (χ3v) is 4.95. The van der Waals surface area contributed by atoms with Gasteiger partial charge in [-0.05, 0) is 35.9 Å². The number of benzene rings is 2. The lowest BCUT2D eigenvalue weighted by molar-refractivity contribution is 0.604. The quantitative estimate of drug-likeness (QED) is 0.844. The van der Waals surface area contributed by atoms with E-state index in [1.807, 2.05) is 18.2 Å². The second kappa shape index (κ2) is 5.78. The van der Waals surface area contributed by atoms with Crippen LogP contribution in [0, 0.1) is 0 Å². The number of hydrogen-bond acceptors (Lipinski definition) is 2. The number of rotatable bonds is 3. The van der Waals surface area contributed by atoms with Crippen LogP contribution in [0.15, 0.2) is 63.9 Å². The van der Waals surface area contributed by atoms with Gasteiger partial charge in [0, 0.05) is 5.02 Å². The Morgan fingerprint density at radius 3 is 2.11 bits per heavy atom. The van der Waals surface area contributed by atoms with E-state index in [0.29, 0.717) is 5.02 Å². The van der Waals surface area contributed by atoms with Gasteiger partial charge < -0.3 is 0 Å². The van der Waals surface area contributed by atoms with Crippen LogP contribution in [0.4, 0.5) is 0 Å². The molecule has 0 N–H and O–H groups in total. The Balaban J connectivity index is 2.40. The topological polar surface area (TPSA) is 34.1 Å². The molecule has 0 saturated heterocycles. The molecule has 2 aromatic rings. The Hall–Kier alpha value is -1.29. The van der Waals surface area contributed by atoms with Crippen LogP contribution < -0.4 is 0 Å². The zero-order valence-corrected chi connectivity index (χ0v) is 12.1. The molecule has 0 fully saturated rings. The first-order valence-corrected chi connectivity index (χ1v) is 7.67. The van der Waals surface area contributed by atoms with Gasteiger partial charge in [0.2, 0.25) is 9.84 Å². The van der Waals surface area contributed by atoms with E-state index in [-0.39, 0.29) is 9.26 Å². The van der Waals surface area contributed by atoms with E-state index < -0.39 is 9.84 Å². The van der Waals surface area contributed by atoms with E-state index in [0.717, 1.165) is 5.56 Å². The minimum Gasteiger partial charge on any atom is -0.218 e. The number of halogens is 2. The lowest BCUT2D eigenvalue weighted by atomic mass is 10.2. The highest BCUT2D eigenvalue weighted by atomic mass is 35.5. The number of hydrogen-bond donors (Lipinski definition) is 0. The van der Waals surface area contributed by atoms with E-state index in [1.165, 1.54) is 30.3 Å². The van der Waals surface area contributed by atoms with Crippen molar-refractivity contribution >= 4 is 39.1 Å². The fourth-order valence-corrected chi connectivity index (χ4v) is 3.01. The Kier molecular flexibility index (Phi) is 4.30. The van der Waals surface area contributed by atoms with Gasteiger partial charge in [0.15, 0.2) is 0 Å². The standard InChI is InChI=1S/C14H10Cl2O2S/c15-12-6-8-13(9-7-12)19(17,18)14(16)10-11-4-2-1-3-5-11/h1-10H/b14-10+. The van der Waals surface area contributed by atoms with Crippen LogP contribution in [-0.2, 0) is 9.84 Å². The lowest BCUT2D eigenvalue weighted by Crippen LogP contribution is -2.00. The van der Waals surface area contributed by atoms with Crippen LogP contribution >= 0.6 is 23.2 Å². The van der Waals surface area contributed by atoms with Crippen molar-refractivity contribution in [3.8, 4) is 0 Å². The highest BCUT2D eigenvalue weighted by molar-refractivity contribution is 7.97. The molecule has 98 valence electrons. The summed E-state index contributed by atoms with van der Waals surface area (Å²) in [6.07, 6.45) is 1.42. The van der Waals surface area contributed by atoms with Gasteiger partial charge in [-0.1, -0.05) is 53.5 Å². The molecule has 0 aromatic heterocycles. The SMILES string of the molecule is O=S(=O)(/C(Cl)=C/c1ccccc1)c1ccc(Cl)cc1. The molecule has 5 heteroatoms. The van der Waals surface area contributed by atoms with Crippen molar-refractivity contribution in [2.24, 2.45) is 0 Å². The molecular formula is C14H10Cl2O2S. The minimum atomic E-state index is -3.69. The maximum absolute atomic E-state index is 12.2. The molecule has 0 atom stereocenters. The van der Waals surface area contributed by atoms with Gasteiger partial charge >= 0.3 is 0 Å². The summed E-state index contributed by atoms with van der Waals surface area (Å²) >= 11 is 11.7. The first-order valence-electron chi connectivity index (χ1n) is 5.43. The molecule has 0 aliphatic heterocycles. The maximum Gasteiger partial charge on any atom is 0.217 e. The largest absolute Gasteiger partial charge is 0.218 e. The van der Waals surface area contributed by atoms with Gasteiger partial charge in [-0.3, -0.25) is 0 Å². The van der Waals surface area contributed by atoms with Crippen molar-refractivity contribution < 1.29 is 8.42 Å². The third-order valence-electron chi connectivity index (χ3n) is 2.46. The first kappa shape index (κ1) is 14.1. The van der Waals surface area contributed by atoms with E-state index >= 15 is 0 Å². The molecule has 0 aliphatic carbocycles. The highest BCUT2D eigenvalue weighted by Gasteiger charge is 2.18. The van der Waals surface area contributed by atoms with Gasteiger partial charge in [0.1, 0.15) is 4.36 Å². The van der Waals surface area contributed by atoms with Crippen LogP contribution in [0.2, 0.25) is 5.02 Å². The Morgan fingerprint density at radius 1 is 0.947 bits per heavy atom. The summed E-state index contributed by atoms with van der Waals surface area (Å²) in [6.45, 7) is 0. The molecule has 0 radical (unpaired) electrons. The zero-order valence-electron chi connectivity index (χ0n) is 9.75. The van der Waals surface area contributed by atoms with E-state index in [2.05, 4.69) is 0 Å². The predicted molar refractivity (Wildman–Crippen MR) is 78.9 cm³/mol. The van der Waals surface area contributed by atoms with Crippen LogP contribution in [0.1, 0.15) is 5.56 Å². The summed E-state index contributed by atoms with van der Waals surface area (Å²) in [5.41, 5.74) is 0.727. The summed E-state index contributed by atoms with van der Waals surface area (Å²) < 4.78 is 24.2. The van der Waals surface area contributed by atoms with Gasteiger partial charge in [-0.25, -0.2) is 8.42 Å². The molecule has 0 spiro atoms. The molecule has 2 nitrogen and oxygen atoms in total. The van der Waals surface area contributed by atoms with Crippen LogP contribution in [0.3, 0.4) is 0 Å². The van der Waals surface area contributed by atoms with Crippen molar-refractivity contribution in [1.82, 2.24) is 0 Å². The van der Waals surface area contributed by atoms with Crippen molar-refractivity contribution in [2.45, 2.75) is 4.90 Å². The highest BCUT2D eigenvalue weighted by Crippen LogP contribution is 2.25. The second-order valence-electron chi connectivity index (χ2n) is 3.82. The molecule has 0 bridgehead atoms. The smallest absolute Gasteiger partial charge is 0.217 e. The van der Waals surface area contributed by atoms with Gasteiger partial charge in [-0.15, -0.1) is 0 Å². The van der Waals surface area contributed by atoms with E-state index in [1.54, 1.807) is 12.1 Å². The number of sulfone groups is 1. The van der Waals surface area contributed by atoms with E-state index in [4.69, 9.17) is 23.2 Å². The Morgan fingerprint density at radius 2 is 1.53 bits per heavy atom. The first-order chi connectivity index (χ1) is 9.00.